The van der Waals surface area contributed by atoms with E-state index in [4.69, 9.17) is 9.47 Å². The first-order valence-corrected chi connectivity index (χ1v) is 6.57. The molecule has 6 nitrogen and oxygen atoms in total. The number of esters is 1. The van der Waals surface area contributed by atoms with Crippen LogP contribution in [0.2, 0.25) is 0 Å². The van der Waals surface area contributed by atoms with Crippen LogP contribution in [0.25, 0.3) is 0 Å². The predicted octanol–water partition coefficient (Wildman–Crippen LogP) is 1.51. The van der Waals surface area contributed by atoms with Gasteiger partial charge in [-0.05, 0) is 19.4 Å². The Morgan fingerprint density at radius 1 is 1.30 bits per heavy atom. The largest absolute Gasteiger partial charge is 0.481 e. The van der Waals surface area contributed by atoms with Gasteiger partial charge in [0.2, 0.25) is 5.88 Å². The standard InChI is InChI=1S/C14H20N2O4/c1-4-8-16(10-13(17)20-5-2)14(18)11-6-7-12(19-3)15-9-11/h6-7,9H,4-5,8,10H2,1-3H3. The van der Waals surface area contributed by atoms with Gasteiger partial charge in [-0.25, -0.2) is 4.98 Å². The molecule has 0 aliphatic rings. The van der Waals surface area contributed by atoms with Gasteiger partial charge in [0.25, 0.3) is 5.91 Å². The Bertz CT molecular complexity index is 445. The lowest BCUT2D eigenvalue weighted by Gasteiger charge is -2.21. The van der Waals surface area contributed by atoms with Crippen LogP contribution in [0.3, 0.4) is 0 Å². The third kappa shape index (κ3) is 4.53. The van der Waals surface area contributed by atoms with Crippen LogP contribution in [0.15, 0.2) is 18.3 Å². The zero-order chi connectivity index (χ0) is 15.0. The van der Waals surface area contributed by atoms with Gasteiger partial charge in [0.15, 0.2) is 0 Å². The number of amides is 1. The highest BCUT2D eigenvalue weighted by Gasteiger charge is 2.19. The lowest BCUT2D eigenvalue weighted by Crippen LogP contribution is -2.37. The monoisotopic (exact) mass is 280 g/mol. The van der Waals surface area contributed by atoms with Gasteiger partial charge in [-0.3, -0.25) is 9.59 Å². The van der Waals surface area contributed by atoms with Gasteiger partial charge in [-0.15, -0.1) is 0 Å². The van der Waals surface area contributed by atoms with Gasteiger partial charge in [0.05, 0.1) is 19.3 Å². The summed E-state index contributed by atoms with van der Waals surface area (Å²) in [6.45, 7) is 4.42. The quantitative estimate of drug-likeness (QED) is 0.708. The second kappa shape index (κ2) is 8.14. The van der Waals surface area contributed by atoms with E-state index in [1.165, 1.54) is 18.2 Å². The highest BCUT2D eigenvalue weighted by atomic mass is 16.5. The Hall–Kier alpha value is -2.11. The average molecular weight is 280 g/mol. The first kappa shape index (κ1) is 15.9. The van der Waals surface area contributed by atoms with Crippen molar-refractivity contribution in [3.05, 3.63) is 23.9 Å². The van der Waals surface area contributed by atoms with Gasteiger partial charge in [0.1, 0.15) is 6.54 Å². The number of nitrogens with zero attached hydrogens (tertiary/aromatic N) is 2. The summed E-state index contributed by atoms with van der Waals surface area (Å²) >= 11 is 0. The number of carbonyl (C=O) groups excluding carboxylic acids is 2. The summed E-state index contributed by atoms with van der Waals surface area (Å²) < 4.78 is 9.82. The summed E-state index contributed by atoms with van der Waals surface area (Å²) in [7, 11) is 1.51. The van der Waals surface area contributed by atoms with E-state index in [9.17, 15) is 9.59 Å². The van der Waals surface area contributed by atoms with Crippen molar-refractivity contribution in [1.82, 2.24) is 9.88 Å². The van der Waals surface area contributed by atoms with Gasteiger partial charge < -0.3 is 14.4 Å². The van der Waals surface area contributed by atoms with Crippen LogP contribution in [0.1, 0.15) is 30.6 Å². The molecule has 1 aromatic heterocycles. The molecule has 0 saturated carbocycles. The molecule has 0 fully saturated rings. The zero-order valence-electron chi connectivity index (χ0n) is 12.1. The molecule has 1 rings (SSSR count). The molecule has 0 N–H and O–H groups in total. The number of aromatic nitrogens is 1. The van der Waals surface area contributed by atoms with Crippen molar-refractivity contribution in [2.75, 3.05) is 26.8 Å². The molecule has 0 aromatic carbocycles. The lowest BCUT2D eigenvalue weighted by atomic mass is 10.2. The molecular weight excluding hydrogens is 260 g/mol. The third-order valence-electron chi connectivity index (χ3n) is 2.60. The molecular formula is C14H20N2O4. The minimum atomic E-state index is -0.407. The van der Waals surface area contributed by atoms with Crippen molar-refractivity contribution < 1.29 is 19.1 Å². The fourth-order valence-corrected chi connectivity index (χ4v) is 1.69. The summed E-state index contributed by atoms with van der Waals surface area (Å²) in [5.41, 5.74) is 0.420. The Morgan fingerprint density at radius 2 is 2.05 bits per heavy atom. The topological polar surface area (TPSA) is 68.7 Å². The smallest absolute Gasteiger partial charge is 0.325 e. The Balaban J connectivity index is 2.78. The molecule has 0 radical (unpaired) electrons. The molecule has 1 heterocycles. The third-order valence-corrected chi connectivity index (χ3v) is 2.60. The first-order valence-electron chi connectivity index (χ1n) is 6.57. The molecule has 0 aliphatic carbocycles. The van der Waals surface area contributed by atoms with Gasteiger partial charge in [-0.1, -0.05) is 6.92 Å². The minimum absolute atomic E-state index is 0.0491. The van der Waals surface area contributed by atoms with Crippen LogP contribution in [0.5, 0.6) is 5.88 Å². The maximum atomic E-state index is 12.3. The predicted molar refractivity (Wildman–Crippen MR) is 73.6 cm³/mol. The molecule has 0 aliphatic heterocycles. The van der Waals surface area contributed by atoms with Gasteiger partial charge in [-0.2, -0.15) is 0 Å². The van der Waals surface area contributed by atoms with Crippen LogP contribution >= 0.6 is 0 Å². The van der Waals surface area contributed by atoms with Crippen LogP contribution < -0.4 is 4.74 Å². The first-order chi connectivity index (χ1) is 9.62. The minimum Gasteiger partial charge on any atom is -0.481 e. The summed E-state index contributed by atoms with van der Waals surface area (Å²) in [6.07, 6.45) is 2.20. The fourth-order valence-electron chi connectivity index (χ4n) is 1.69. The van der Waals surface area contributed by atoms with Crippen molar-refractivity contribution >= 4 is 11.9 Å². The van der Waals surface area contributed by atoms with E-state index in [0.29, 0.717) is 24.6 Å². The zero-order valence-corrected chi connectivity index (χ0v) is 12.1. The molecule has 20 heavy (non-hydrogen) atoms. The van der Waals surface area contributed by atoms with Crippen molar-refractivity contribution in [1.29, 1.82) is 0 Å². The van der Waals surface area contributed by atoms with Crippen LogP contribution in [0.4, 0.5) is 0 Å². The Labute approximate surface area is 118 Å². The Morgan fingerprint density at radius 3 is 2.55 bits per heavy atom. The van der Waals surface area contributed by atoms with E-state index in [0.717, 1.165) is 6.42 Å². The van der Waals surface area contributed by atoms with Crippen LogP contribution in [-0.2, 0) is 9.53 Å². The van der Waals surface area contributed by atoms with E-state index in [1.54, 1.807) is 19.1 Å². The molecule has 0 saturated heterocycles. The maximum Gasteiger partial charge on any atom is 0.325 e. The van der Waals surface area contributed by atoms with Crippen LogP contribution in [0, 0.1) is 0 Å². The summed E-state index contributed by atoms with van der Waals surface area (Å²) in [6, 6.07) is 3.24. The summed E-state index contributed by atoms with van der Waals surface area (Å²) in [4.78, 5) is 29.3. The van der Waals surface area contributed by atoms with E-state index >= 15 is 0 Å². The highest BCUT2D eigenvalue weighted by Crippen LogP contribution is 2.10. The number of ether oxygens (including phenoxy) is 2. The SMILES string of the molecule is CCCN(CC(=O)OCC)C(=O)c1ccc(OC)nc1. The van der Waals surface area contributed by atoms with E-state index in [2.05, 4.69) is 4.98 Å². The molecule has 0 bridgehead atoms. The maximum absolute atomic E-state index is 12.3. The number of methoxy groups -OCH3 is 1. The molecule has 110 valence electrons. The van der Waals surface area contributed by atoms with Crippen molar-refractivity contribution in [3.8, 4) is 5.88 Å². The molecule has 1 amide bonds. The summed E-state index contributed by atoms with van der Waals surface area (Å²) in [5, 5.41) is 0. The molecule has 0 spiro atoms. The Kier molecular flexibility index (Phi) is 6.49. The highest BCUT2D eigenvalue weighted by molar-refractivity contribution is 5.95. The van der Waals surface area contributed by atoms with Crippen molar-refractivity contribution in [3.63, 3.8) is 0 Å². The normalized spacial score (nSPS) is 9.95. The molecule has 0 atom stereocenters. The summed E-state index contributed by atoms with van der Waals surface area (Å²) in [5.74, 6) is -0.209. The lowest BCUT2D eigenvalue weighted by molar-refractivity contribution is -0.143. The van der Waals surface area contributed by atoms with Crippen molar-refractivity contribution in [2.24, 2.45) is 0 Å². The number of hydrogen-bond donors (Lipinski definition) is 0. The van der Waals surface area contributed by atoms with E-state index < -0.39 is 5.97 Å². The number of pyridine rings is 1. The average Bonchev–Trinajstić information content (AvgIpc) is 2.46. The molecule has 0 unspecified atom stereocenters. The second-order valence-corrected chi connectivity index (χ2v) is 4.12. The number of rotatable bonds is 7. The number of carbonyl (C=O) groups is 2. The van der Waals surface area contributed by atoms with Crippen LogP contribution in [-0.4, -0.2) is 48.6 Å². The van der Waals surface area contributed by atoms with E-state index in [-0.39, 0.29) is 12.5 Å². The van der Waals surface area contributed by atoms with Gasteiger partial charge >= 0.3 is 5.97 Å². The number of hydrogen-bond acceptors (Lipinski definition) is 5. The second-order valence-electron chi connectivity index (χ2n) is 4.12. The fraction of sp³-hybridized carbons (Fsp3) is 0.500. The van der Waals surface area contributed by atoms with Crippen molar-refractivity contribution in [2.45, 2.75) is 20.3 Å². The molecule has 1 aromatic rings. The van der Waals surface area contributed by atoms with Gasteiger partial charge in [0, 0.05) is 18.8 Å². The molecule has 6 heteroatoms. The van der Waals surface area contributed by atoms with E-state index in [1.807, 2.05) is 6.92 Å².